The number of fused-ring (bicyclic) bond motifs is 2. The first-order chi connectivity index (χ1) is 20.5. The number of carbonyl (C=O) groups is 1. The fraction of sp³-hybridized carbons (Fsp3) is 0.343. The van der Waals surface area contributed by atoms with Crippen molar-refractivity contribution < 1.29 is 17.9 Å². The summed E-state index contributed by atoms with van der Waals surface area (Å²) in [7, 11) is -3.91. The van der Waals surface area contributed by atoms with Crippen LogP contribution in [0.3, 0.4) is 0 Å². The molecule has 1 aliphatic heterocycles. The Morgan fingerprint density at radius 2 is 1.67 bits per heavy atom. The number of carbonyl (C=O) groups excluding carboxylic acids is 1. The van der Waals surface area contributed by atoms with Crippen molar-refractivity contribution in [2.75, 3.05) is 13.2 Å². The van der Waals surface area contributed by atoms with Gasteiger partial charge in [-0.15, -0.1) is 0 Å². The van der Waals surface area contributed by atoms with Crippen LogP contribution < -0.4 is 14.8 Å². The smallest absolute Gasteiger partial charge is 0.241 e. The number of sulfonamides is 1. The number of benzene rings is 4. The average Bonchev–Trinajstić information content (AvgIpc) is 2.99. The molecule has 2 N–H and O–H groups in total. The predicted octanol–water partition coefficient (Wildman–Crippen LogP) is 6.51. The van der Waals surface area contributed by atoms with Gasteiger partial charge in [0.25, 0.3) is 0 Å². The summed E-state index contributed by atoms with van der Waals surface area (Å²) in [5.74, 6) is 0.553. The second kappa shape index (κ2) is 12.9. The molecular weight excluding hydrogens is 558 g/mol. The van der Waals surface area contributed by atoms with E-state index in [2.05, 4.69) is 54.8 Å². The van der Waals surface area contributed by atoms with Crippen LogP contribution in [0.5, 0.6) is 5.75 Å². The highest BCUT2D eigenvalue weighted by Gasteiger charge is 2.28. The first-order valence-corrected chi connectivity index (χ1v) is 16.4. The highest BCUT2D eigenvalue weighted by Crippen LogP contribution is 2.34. The molecule has 43 heavy (non-hydrogen) atoms. The molecular formula is C35H41N3O4S. The normalized spacial score (nSPS) is 16.0. The van der Waals surface area contributed by atoms with Crippen LogP contribution in [0.1, 0.15) is 69.3 Å². The van der Waals surface area contributed by atoms with E-state index in [4.69, 9.17) is 4.74 Å². The predicted molar refractivity (Wildman–Crippen MR) is 171 cm³/mol. The molecule has 4 aromatic rings. The third-order valence-corrected chi connectivity index (χ3v) is 9.55. The first-order valence-electron chi connectivity index (χ1n) is 14.9. The number of rotatable bonds is 10. The van der Waals surface area contributed by atoms with E-state index in [-0.39, 0.29) is 28.8 Å². The van der Waals surface area contributed by atoms with Gasteiger partial charge in [0.05, 0.1) is 23.6 Å². The summed E-state index contributed by atoms with van der Waals surface area (Å²) < 4.78 is 35.9. The van der Waals surface area contributed by atoms with Gasteiger partial charge in [-0.2, -0.15) is 0 Å². The Hall–Kier alpha value is -3.72. The SMILES string of the molecule is CCN(Cc1ccc2c(c1)OCCC2NC(=O)C[C@@H](NS(=O)(=O)c1ccc2ccccc2c1)c1ccccc1)C(C)(C)C. The molecule has 0 saturated heterocycles. The molecule has 1 unspecified atom stereocenters. The molecule has 0 radical (unpaired) electrons. The van der Waals surface area contributed by atoms with E-state index in [9.17, 15) is 13.2 Å². The highest BCUT2D eigenvalue weighted by molar-refractivity contribution is 7.89. The van der Waals surface area contributed by atoms with Gasteiger partial charge in [-0.3, -0.25) is 9.69 Å². The molecule has 0 saturated carbocycles. The molecule has 1 amide bonds. The summed E-state index contributed by atoms with van der Waals surface area (Å²) in [5.41, 5.74) is 2.87. The van der Waals surface area contributed by atoms with E-state index in [1.54, 1.807) is 18.2 Å². The van der Waals surface area contributed by atoms with Gasteiger partial charge in [-0.25, -0.2) is 13.1 Å². The van der Waals surface area contributed by atoms with Gasteiger partial charge in [-0.05, 0) is 67.4 Å². The third-order valence-electron chi connectivity index (χ3n) is 8.08. The maximum atomic E-state index is 13.5. The van der Waals surface area contributed by atoms with E-state index in [1.165, 1.54) is 0 Å². The maximum Gasteiger partial charge on any atom is 0.241 e. The summed E-state index contributed by atoms with van der Waals surface area (Å²) in [5, 5.41) is 4.95. The van der Waals surface area contributed by atoms with Crippen molar-refractivity contribution in [1.29, 1.82) is 0 Å². The van der Waals surface area contributed by atoms with E-state index >= 15 is 0 Å². The van der Waals surface area contributed by atoms with Gasteiger partial charge in [-0.1, -0.05) is 79.7 Å². The molecule has 2 atom stereocenters. The van der Waals surface area contributed by atoms with Gasteiger partial charge in [0.15, 0.2) is 0 Å². The van der Waals surface area contributed by atoms with Gasteiger partial charge in [0.1, 0.15) is 5.75 Å². The second-order valence-electron chi connectivity index (χ2n) is 12.1. The van der Waals surface area contributed by atoms with Crippen LogP contribution in [0.2, 0.25) is 0 Å². The van der Waals surface area contributed by atoms with Crippen molar-refractivity contribution in [3.8, 4) is 5.75 Å². The van der Waals surface area contributed by atoms with Crippen LogP contribution >= 0.6 is 0 Å². The van der Waals surface area contributed by atoms with Gasteiger partial charge >= 0.3 is 0 Å². The fourth-order valence-corrected chi connectivity index (χ4v) is 6.93. The standard InChI is InChI=1S/C35H41N3O4S/c1-5-38(35(2,3)4)24-25-15-18-30-31(19-20-42-33(30)21-25)36-34(39)23-32(27-12-7-6-8-13-27)37-43(40,41)29-17-16-26-11-9-10-14-28(26)22-29/h6-18,21-22,31-32,37H,5,19-20,23-24H2,1-4H3,(H,36,39)/t31?,32-/m1/s1. The molecule has 0 fully saturated rings. The van der Waals surface area contributed by atoms with Crippen molar-refractivity contribution in [2.45, 2.75) is 69.6 Å². The number of hydrogen-bond acceptors (Lipinski definition) is 5. The van der Waals surface area contributed by atoms with Crippen LogP contribution in [0.15, 0.2) is 95.9 Å². The molecule has 1 heterocycles. The minimum atomic E-state index is -3.91. The van der Waals surface area contributed by atoms with Crippen molar-refractivity contribution in [1.82, 2.24) is 14.9 Å². The van der Waals surface area contributed by atoms with Crippen molar-refractivity contribution >= 4 is 26.7 Å². The minimum Gasteiger partial charge on any atom is -0.493 e. The number of ether oxygens (including phenoxy) is 1. The molecule has 0 aliphatic carbocycles. The summed E-state index contributed by atoms with van der Waals surface area (Å²) in [6.07, 6.45) is 0.596. The van der Waals surface area contributed by atoms with Crippen LogP contribution in [-0.4, -0.2) is 37.9 Å². The molecule has 226 valence electrons. The highest BCUT2D eigenvalue weighted by atomic mass is 32.2. The Kier molecular flexibility index (Phi) is 9.20. The number of nitrogens with zero attached hydrogens (tertiary/aromatic N) is 1. The van der Waals surface area contributed by atoms with Crippen molar-refractivity contribution in [3.05, 3.63) is 108 Å². The lowest BCUT2D eigenvalue weighted by molar-refractivity contribution is -0.122. The molecule has 0 bridgehead atoms. The minimum absolute atomic E-state index is 0.0430. The first kappa shape index (κ1) is 30.7. The molecule has 8 heteroatoms. The molecule has 0 aromatic heterocycles. The van der Waals surface area contributed by atoms with Crippen LogP contribution in [0.4, 0.5) is 0 Å². The lowest BCUT2D eigenvalue weighted by Gasteiger charge is -2.35. The van der Waals surface area contributed by atoms with Crippen LogP contribution in [0.25, 0.3) is 10.8 Å². The largest absolute Gasteiger partial charge is 0.493 e. The lowest BCUT2D eigenvalue weighted by Crippen LogP contribution is -2.40. The number of amides is 1. The monoisotopic (exact) mass is 599 g/mol. The summed E-state index contributed by atoms with van der Waals surface area (Å²) in [4.78, 5) is 16.0. The topological polar surface area (TPSA) is 87.7 Å². The molecule has 5 rings (SSSR count). The Morgan fingerprint density at radius 3 is 2.40 bits per heavy atom. The third kappa shape index (κ3) is 7.44. The van der Waals surface area contributed by atoms with E-state index in [1.807, 2.05) is 60.7 Å². The number of nitrogens with one attached hydrogen (secondary N) is 2. The average molecular weight is 600 g/mol. The molecule has 1 aliphatic rings. The summed E-state index contributed by atoms with van der Waals surface area (Å²) in [6.45, 7) is 11.0. The van der Waals surface area contributed by atoms with Crippen molar-refractivity contribution in [3.63, 3.8) is 0 Å². The Bertz CT molecular complexity index is 1680. The van der Waals surface area contributed by atoms with E-state index < -0.39 is 16.1 Å². The zero-order chi connectivity index (χ0) is 30.6. The maximum absolute atomic E-state index is 13.5. The summed E-state index contributed by atoms with van der Waals surface area (Å²) in [6, 6.07) is 27.2. The Balaban J connectivity index is 1.32. The lowest BCUT2D eigenvalue weighted by atomic mass is 9.97. The zero-order valence-corrected chi connectivity index (χ0v) is 26.2. The summed E-state index contributed by atoms with van der Waals surface area (Å²) >= 11 is 0. The number of hydrogen-bond donors (Lipinski definition) is 2. The van der Waals surface area contributed by atoms with Crippen LogP contribution in [-0.2, 0) is 21.4 Å². The Morgan fingerprint density at radius 1 is 0.953 bits per heavy atom. The van der Waals surface area contributed by atoms with Gasteiger partial charge in [0, 0.05) is 30.5 Å². The van der Waals surface area contributed by atoms with Gasteiger partial charge < -0.3 is 10.1 Å². The van der Waals surface area contributed by atoms with E-state index in [0.29, 0.717) is 13.0 Å². The van der Waals surface area contributed by atoms with Crippen molar-refractivity contribution in [2.24, 2.45) is 0 Å². The molecule has 4 aromatic carbocycles. The zero-order valence-electron chi connectivity index (χ0n) is 25.3. The molecule has 7 nitrogen and oxygen atoms in total. The Labute approximate surface area is 255 Å². The quantitative estimate of drug-likeness (QED) is 0.217. The fourth-order valence-electron chi connectivity index (χ4n) is 5.67. The van der Waals surface area contributed by atoms with Crippen LogP contribution in [0, 0.1) is 0 Å². The second-order valence-corrected chi connectivity index (χ2v) is 13.8. The molecule has 0 spiro atoms. The van der Waals surface area contributed by atoms with Gasteiger partial charge in [0.2, 0.25) is 15.9 Å². The van der Waals surface area contributed by atoms with E-state index in [0.717, 1.165) is 46.3 Å².